The largest absolute Gasteiger partial charge is 0.312 e. The third-order valence-corrected chi connectivity index (χ3v) is 5.27. The van der Waals surface area contributed by atoms with Crippen LogP contribution in [0.4, 0.5) is 0 Å². The van der Waals surface area contributed by atoms with Crippen LogP contribution in [0, 0.1) is 5.92 Å². The summed E-state index contributed by atoms with van der Waals surface area (Å²) in [6.45, 7) is 2.02. The minimum Gasteiger partial charge on any atom is -0.312 e. The molecule has 2 saturated heterocycles. The number of hydrogen-bond donors (Lipinski definition) is 1. The highest BCUT2D eigenvalue weighted by Crippen LogP contribution is 2.37. The molecule has 104 valence electrons. The van der Waals surface area contributed by atoms with Crippen molar-refractivity contribution < 1.29 is 0 Å². The topological polar surface area (TPSA) is 15.3 Å². The fourth-order valence-electron chi connectivity index (χ4n) is 3.74. The summed E-state index contributed by atoms with van der Waals surface area (Å²) in [5.41, 5.74) is 1.21. The molecule has 1 aromatic rings. The van der Waals surface area contributed by atoms with Gasteiger partial charge in [-0.2, -0.15) is 0 Å². The Morgan fingerprint density at radius 2 is 1.89 bits per heavy atom. The van der Waals surface area contributed by atoms with Gasteiger partial charge in [-0.05, 0) is 56.8 Å². The summed E-state index contributed by atoms with van der Waals surface area (Å²) in [4.78, 5) is 2.60. The first kappa shape index (κ1) is 13.4. The van der Waals surface area contributed by atoms with Crippen LogP contribution >= 0.6 is 11.6 Å². The standard InChI is InChI=1S/C16H23ClN2/c1-19-14-6-7-15(19)9-12(8-14)10-18-11-13-4-2-3-5-16(13)17/h2-5,12,14-15,18H,6-11H2,1H3. The van der Waals surface area contributed by atoms with Gasteiger partial charge in [0, 0.05) is 23.7 Å². The Kier molecular flexibility index (Phi) is 4.11. The number of halogens is 1. The van der Waals surface area contributed by atoms with Crippen molar-refractivity contribution in [1.29, 1.82) is 0 Å². The van der Waals surface area contributed by atoms with Crippen molar-refractivity contribution in [3.05, 3.63) is 34.9 Å². The van der Waals surface area contributed by atoms with Gasteiger partial charge in [0.25, 0.3) is 0 Å². The number of piperidine rings is 1. The van der Waals surface area contributed by atoms with Crippen LogP contribution in [-0.2, 0) is 6.54 Å². The van der Waals surface area contributed by atoms with Crippen LogP contribution in [0.15, 0.2) is 24.3 Å². The van der Waals surface area contributed by atoms with Crippen LogP contribution in [-0.4, -0.2) is 30.6 Å². The van der Waals surface area contributed by atoms with Gasteiger partial charge >= 0.3 is 0 Å². The van der Waals surface area contributed by atoms with Gasteiger partial charge in [-0.1, -0.05) is 29.8 Å². The summed E-state index contributed by atoms with van der Waals surface area (Å²) in [5, 5.41) is 4.47. The summed E-state index contributed by atoms with van der Waals surface area (Å²) < 4.78 is 0. The maximum atomic E-state index is 6.17. The monoisotopic (exact) mass is 278 g/mol. The van der Waals surface area contributed by atoms with E-state index in [0.29, 0.717) is 0 Å². The van der Waals surface area contributed by atoms with Gasteiger partial charge in [0.05, 0.1) is 0 Å². The number of hydrogen-bond acceptors (Lipinski definition) is 2. The van der Waals surface area contributed by atoms with E-state index in [1.807, 2.05) is 12.1 Å². The van der Waals surface area contributed by atoms with Gasteiger partial charge in [0.15, 0.2) is 0 Å². The van der Waals surface area contributed by atoms with Crippen LogP contribution in [0.3, 0.4) is 0 Å². The Labute approximate surface area is 121 Å². The summed E-state index contributed by atoms with van der Waals surface area (Å²) in [6.07, 6.45) is 5.54. The zero-order chi connectivity index (χ0) is 13.2. The molecule has 2 aliphatic heterocycles. The lowest BCUT2D eigenvalue weighted by atomic mass is 9.91. The summed E-state index contributed by atoms with van der Waals surface area (Å²) in [7, 11) is 2.30. The number of nitrogens with one attached hydrogen (secondary N) is 1. The van der Waals surface area contributed by atoms with E-state index in [-0.39, 0.29) is 0 Å². The maximum Gasteiger partial charge on any atom is 0.0450 e. The molecule has 2 bridgehead atoms. The van der Waals surface area contributed by atoms with Crippen molar-refractivity contribution in [1.82, 2.24) is 10.2 Å². The van der Waals surface area contributed by atoms with Crippen molar-refractivity contribution in [2.45, 2.75) is 44.3 Å². The highest BCUT2D eigenvalue weighted by molar-refractivity contribution is 6.31. The van der Waals surface area contributed by atoms with Crippen molar-refractivity contribution in [3.8, 4) is 0 Å². The van der Waals surface area contributed by atoms with Crippen LogP contribution in [0.1, 0.15) is 31.2 Å². The van der Waals surface area contributed by atoms with E-state index in [2.05, 4.69) is 29.4 Å². The van der Waals surface area contributed by atoms with Crippen molar-refractivity contribution in [3.63, 3.8) is 0 Å². The van der Waals surface area contributed by atoms with Gasteiger partial charge in [-0.15, -0.1) is 0 Å². The van der Waals surface area contributed by atoms with E-state index in [1.165, 1.54) is 31.2 Å². The minimum absolute atomic E-state index is 0.839. The normalized spacial score (nSPS) is 30.7. The quantitative estimate of drug-likeness (QED) is 0.909. The molecule has 0 aliphatic carbocycles. The molecule has 19 heavy (non-hydrogen) atoms. The first-order valence-corrected chi connectivity index (χ1v) is 7.78. The second-order valence-corrected chi connectivity index (χ2v) is 6.52. The molecule has 2 unspecified atom stereocenters. The Balaban J connectivity index is 1.48. The van der Waals surface area contributed by atoms with Crippen molar-refractivity contribution >= 4 is 11.6 Å². The SMILES string of the molecule is CN1C2CCC1CC(CNCc1ccccc1Cl)C2. The molecule has 0 amide bonds. The average Bonchev–Trinajstić information content (AvgIpc) is 2.64. The molecule has 1 aromatic carbocycles. The van der Waals surface area contributed by atoms with E-state index >= 15 is 0 Å². The fraction of sp³-hybridized carbons (Fsp3) is 0.625. The average molecular weight is 279 g/mol. The predicted molar refractivity (Wildman–Crippen MR) is 80.5 cm³/mol. The molecule has 2 aliphatic rings. The van der Waals surface area contributed by atoms with Gasteiger partial charge in [-0.3, -0.25) is 0 Å². The molecule has 3 heteroatoms. The lowest BCUT2D eigenvalue weighted by molar-refractivity contribution is 0.133. The van der Waals surface area contributed by atoms with Gasteiger partial charge < -0.3 is 10.2 Å². The van der Waals surface area contributed by atoms with Crippen LogP contribution in [0.25, 0.3) is 0 Å². The third-order valence-electron chi connectivity index (χ3n) is 4.90. The van der Waals surface area contributed by atoms with E-state index in [9.17, 15) is 0 Å². The van der Waals surface area contributed by atoms with Gasteiger partial charge in [0.2, 0.25) is 0 Å². The van der Waals surface area contributed by atoms with E-state index in [1.54, 1.807) is 0 Å². The number of benzene rings is 1. The molecule has 1 N–H and O–H groups in total. The predicted octanol–water partition coefficient (Wildman–Crippen LogP) is 3.30. The molecule has 2 heterocycles. The fourth-order valence-corrected chi connectivity index (χ4v) is 3.95. The second-order valence-electron chi connectivity index (χ2n) is 6.11. The lowest BCUT2D eigenvalue weighted by Crippen LogP contribution is -2.42. The first-order chi connectivity index (χ1) is 9.24. The molecule has 0 aromatic heterocycles. The summed E-state index contributed by atoms with van der Waals surface area (Å²) in [6, 6.07) is 9.79. The highest BCUT2D eigenvalue weighted by Gasteiger charge is 2.37. The minimum atomic E-state index is 0.839. The highest BCUT2D eigenvalue weighted by atomic mass is 35.5. The Bertz CT molecular complexity index is 421. The summed E-state index contributed by atoms with van der Waals surface area (Å²) in [5.74, 6) is 0.844. The Hall–Kier alpha value is -0.570. The van der Waals surface area contributed by atoms with Crippen LogP contribution < -0.4 is 5.32 Å². The summed E-state index contributed by atoms with van der Waals surface area (Å²) >= 11 is 6.17. The molecular formula is C16H23ClN2. The van der Waals surface area contributed by atoms with Crippen LogP contribution in [0.5, 0.6) is 0 Å². The van der Waals surface area contributed by atoms with E-state index in [0.717, 1.165) is 36.1 Å². The Morgan fingerprint density at radius 1 is 1.21 bits per heavy atom. The van der Waals surface area contributed by atoms with Crippen molar-refractivity contribution in [2.24, 2.45) is 5.92 Å². The molecule has 0 spiro atoms. The third kappa shape index (κ3) is 2.96. The zero-order valence-corrected chi connectivity index (χ0v) is 12.4. The van der Waals surface area contributed by atoms with Gasteiger partial charge in [0.1, 0.15) is 0 Å². The smallest absolute Gasteiger partial charge is 0.0450 e. The Morgan fingerprint density at radius 3 is 2.58 bits per heavy atom. The number of nitrogens with zero attached hydrogens (tertiary/aromatic N) is 1. The van der Waals surface area contributed by atoms with Crippen molar-refractivity contribution in [2.75, 3.05) is 13.6 Å². The molecule has 2 atom stereocenters. The number of rotatable bonds is 4. The maximum absolute atomic E-state index is 6.17. The molecule has 0 radical (unpaired) electrons. The molecule has 2 nitrogen and oxygen atoms in total. The molecule has 0 saturated carbocycles. The van der Waals surface area contributed by atoms with Crippen LogP contribution in [0.2, 0.25) is 5.02 Å². The molecule has 2 fully saturated rings. The number of fused-ring (bicyclic) bond motifs is 2. The lowest BCUT2D eigenvalue weighted by Gasteiger charge is -2.36. The first-order valence-electron chi connectivity index (χ1n) is 7.40. The zero-order valence-electron chi connectivity index (χ0n) is 11.6. The molecular weight excluding hydrogens is 256 g/mol. The van der Waals surface area contributed by atoms with E-state index < -0.39 is 0 Å². The van der Waals surface area contributed by atoms with E-state index in [4.69, 9.17) is 11.6 Å². The van der Waals surface area contributed by atoms with Gasteiger partial charge in [-0.25, -0.2) is 0 Å². The molecule has 3 rings (SSSR count). The second kappa shape index (κ2) is 5.82.